The maximum Gasteiger partial charge on any atom is 0.192 e. The zero-order chi connectivity index (χ0) is 16.5. The van der Waals surface area contributed by atoms with Crippen molar-refractivity contribution in [1.82, 2.24) is 10.6 Å². The minimum absolute atomic E-state index is 0. The van der Waals surface area contributed by atoms with Gasteiger partial charge in [0.1, 0.15) is 0 Å². The van der Waals surface area contributed by atoms with Crippen molar-refractivity contribution in [2.75, 3.05) is 32.8 Å². The Morgan fingerprint density at radius 2 is 2.04 bits per heavy atom. The summed E-state index contributed by atoms with van der Waals surface area (Å²) in [5.41, 5.74) is 1.07. The largest absolute Gasteiger partial charge is 0.381 e. The Bertz CT molecular complexity index is 580. The molecule has 1 fully saturated rings. The van der Waals surface area contributed by atoms with Crippen LogP contribution in [0.2, 0.25) is 5.02 Å². The van der Waals surface area contributed by atoms with E-state index in [-0.39, 0.29) is 29.4 Å². The predicted molar refractivity (Wildman–Crippen MR) is 111 cm³/mol. The summed E-state index contributed by atoms with van der Waals surface area (Å²) >= 11 is 6.46. The number of nitrogens with zero attached hydrogens (tertiary/aromatic N) is 1. The van der Waals surface area contributed by atoms with E-state index in [1.54, 1.807) is 0 Å². The standard InChI is InChI=1S/C18H24ClN3O.HI/c1-3-11-21-17(20-4-2)22-14-18(9-12-23-13-10-18)15-7-5-6-8-16(15)19;/h1,5-8H,4,9-14H2,2H3,(H2,20,21,22);1H. The van der Waals surface area contributed by atoms with Crippen LogP contribution in [-0.2, 0) is 10.2 Å². The molecule has 1 aliphatic heterocycles. The summed E-state index contributed by atoms with van der Waals surface area (Å²) in [6, 6.07) is 8.04. The van der Waals surface area contributed by atoms with Gasteiger partial charge in [-0.1, -0.05) is 35.7 Å². The van der Waals surface area contributed by atoms with Crippen LogP contribution in [0.25, 0.3) is 0 Å². The number of hydrogen-bond donors (Lipinski definition) is 2. The number of ether oxygens (including phenoxy) is 1. The Balaban J connectivity index is 0.00000288. The van der Waals surface area contributed by atoms with Gasteiger partial charge in [0.2, 0.25) is 0 Å². The predicted octanol–water partition coefficient (Wildman–Crippen LogP) is 3.19. The molecule has 0 amide bonds. The lowest BCUT2D eigenvalue weighted by atomic mass is 9.74. The number of benzene rings is 1. The minimum Gasteiger partial charge on any atom is -0.381 e. The molecule has 0 spiro atoms. The first-order chi connectivity index (χ1) is 11.2. The summed E-state index contributed by atoms with van der Waals surface area (Å²) in [7, 11) is 0. The molecule has 0 aliphatic carbocycles. The first kappa shape index (κ1) is 21.1. The molecule has 6 heteroatoms. The van der Waals surface area contributed by atoms with Crippen molar-refractivity contribution in [1.29, 1.82) is 0 Å². The number of nitrogens with one attached hydrogen (secondary N) is 2. The fraction of sp³-hybridized carbons (Fsp3) is 0.500. The highest BCUT2D eigenvalue weighted by molar-refractivity contribution is 14.0. The molecule has 0 radical (unpaired) electrons. The lowest BCUT2D eigenvalue weighted by molar-refractivity contribution is 0.0531. The van der Waals surface area contributed by atoms with Crippen molar-refractivity contribution >= 4 is 41.5 Å². The maximum atomic E-state index is 6.46. The zero-order valence-electron chi connectivity index (χ0n) is 14.0. The summed E-state index contributed by atoms with van der Waals surface area (Å²) < 4.78 is 5.56. The molecule has 132 valence electrons. The number of halogens is 2. The molecule has 1 aliphatic rings. The van der Waals surface area contributed by atoms with E-state index in [4.69, 9.17) is 27.8 Å². The monoisotopic (exact) mass is 461 g/mol. The first-order valence-corrected chi connectivity index (χ1v) is 8.38. The van der Waals surface area contributed by atoms with E-state index in [0.717, 1.165) is 49.1 Å². The second-order valence-corrected chi connectivity index (χ2v) is 6.03. The Morgan fingerprint density at radius 3 is 2.67 bits per heavy atom. The summed E-state index contributed by atoms with van der Waals surface area (Å²) in [5.74, 6) is 3.31. The van der Waals surface area contributed by atoms with Crippen molar-refractivity contribution in [2.24, 2.45) is 4.99 Å². The molecule has 2 N–H and O–H groups in total. The maximum absolute atomic E-state index is 6.46. The zero-order valence-corrected chi connectivity index (χ0v) is 17.1. The molecule has 1 saturated heterocycles. The van der Waals surface area contributed by atoms with Crippen molar-refractivity contribution in [3.05, 3.63) is 34.9 Å². The quantitative estimate of drug-likeness (QED) is 0.306. The molecule has 1 aromatic carbocycles. The van der Waals surface area contributed by atoms with E-state index >= 15 is 0 Å². The van der Waals surface area contributed by atoms with Gasteiger partial charge in [-0.05, 0) is 31.4 Å². The van der Waals surface area contributed by atoms with Gasteiger partial charge in [-0.2, -0.15) is 0 Å². The molecule has 24 heavy (non-hydrogen) atoms. The van der Waals surface area contributed by atoms with Crippen molar-refractivity contribution in [2.45, 2.75) is 25.2 Å². The van der Waals surface area contributed by atoms with Gasteiger partial charge in [0, 0.05) is 30.2 Å². The van der Waals surface area contributed by atoms with Gasteiger partial charge in [-0.15, -0.1) is 30.4 Å². The van der Waals surface area contributed by atoms with Crippen LogP contribution in [0.1, 0.15) is 25.3 Å². The third-order valence-corrected chi connectivity index (χ3v) is 4.47. The van der Waals surface area contributed by atoms with Gasteiger partial charge in [0.15, 0.2) is 5.96 Å². The van der Waals surface area contributed by atoms with Crippen LogP contribution >= 0.6 is 35.6 Å². The van der Waals surface area contributed by atoms with Gasteiger partial charge >= 0.3 is 0 Å². The van der Waals surface area contributed by atoms with Crippen LogP contribution in [0, 0.1) is 12.3 Å². The lowest BCUT2D eigenvalue weighted by Crippen LogP contribution is -2.41. The van der Waals surface area contributed by atoms with Crippen LogP contribution in [0.15, 0.2) is 29.3 Å². The van der Waals surface area contributed by atoms with Gasteiger partial charge in [0.05, 0.1) is 13.1 Å². The molecule has 1 aromatic rings. The summed E-state index contributed by atoms with van der Waals surface area (Å²) in [6.07, 6.45) is 7.14. The van der Waals surface area contributed by atoms with Gasteiger partial charge in [-0.3, -0.25) is 4.99 Å². The van der Waals surface area contributed by atoms with E-state index in [1.807, 2.05) is 25.1 Å². The Labute approximate surface area is 166 Å². The SMILES string of the molecule is C#CCNC(=NCC1(c2ccccc2Cl)CCOCC1)NCC.I. The molecule has 0 aromatic heterocycles. The molecule has 1 heterocycles. The van der Waals surface area contributed by atoms with Crippen molar-refractivity contribution in [3.63, 3.8) is 0 Å². The number of rotatable bonds is 5. The van der Waals surface area contributed by atoms with Crippen LogP contribution < -0.4 is 10.6 Å². The summed E-state index contributed by atoms with van der Waals surface area (Å²) in [4.78, 5) is 4.75. The second-order valence-electron chi connectivity index (χ2n) is 5.63. The highest BCUT2D eigenvalue weighted by Crippen LogP contribution is 2.38. The molecule has 0 bridgehead atoms. The average Bonchev–Trinajstić information content (AvgIpc) is 2.58. The van der Waals surface area contributed by atoms with Crippen molar-refractivity contribution < 1.29 is 4.74 Å². The normalized spacial score (nSPS) is 16.6. The smallest absolute Gasteiger partial charge is 0.192 e. The van der Waals surface area contributed by atoms with Gasteiger partial charge < -0.3 is 15.4 Å². The van der Waals surface area contributed by atoms with Crippen LogP contribution in [-0.4, -0.2) is 38.8 Å². The highest BCUT2D eigenvalue weighted by atomic mass is 127. The van der Waals surface area contributed by atoms with Crippen LogP contribution in [0.5, 0.6) is 0 Å². The molecular weight excluding hydrogens is 437 g/mol. The number of guanidine groups is 1. The molecule has 0 saturated carbocycles. The fourth-order valence-electron chi connectivity index (χ4n) is 2.87. The average molecular weight is 462 g/mol. The van der Waals surface area contributed by atoms with E-state index < -0.39 is 0 Å². The van der Waals surface area contributed by atoms with E-state index in [1.165, 1.54) is 0 Å². The molecule has 2 rings (SSSR count). The Hall–Kier alpha value is -0.970. The summed E-state index contributed by atoms with van der Waals surface area (Å²) in [5, 5.41) is 7.15. The Morgan fingerprint density at radius 1 is 1.33 bits per heavy atom. The minimum atomic E-state index is -0.0882. The number of aliphatic imine (C=N–C) groups is 1. The van der Waals surface area contributed by atoms with Gasteiger partial charge in [0.25, 0.3) is 0 Å². The molecule has 0 unspecified atom stereocenters. The van der Waals surface area contributed by atoms with Crippen LogP contribution in [0.3, 0.4) is 0 Å². The van der Waals surface area contributed by atoms with Crippen LogP contribution in [0.4, 0.5) is 0 Å². The first-order valence-electron chi connectivity index (χ1n) is 8.00. The third-order valence-electron chi connectivity index (χ3n) is 4.14. The molecular formula is C18H25ClIN3O. The highest BCUT2D eigenvalue weighted by Gasteiger charge is 2.36. The van der Waals surface area contributed by atoms with Crippen molar-refractivity contribution in [3.8, 4) is 12.3 Å². The summed E-state index contributed by atoms with van der Waals surface area (Å²) in [6.45, 7) is 5.39. The molecule has 0 atom stereocenters. The Kier molecular flexibility index (Phi) is 9.49. The van der Waals surface area contributed by atoms with E-state index in [0.29, 0.717) is 13.1 Å². The molecule has 4 nitrogen and oxygen atoms in total. The van der Waals surface area contributed by atoms with E-state index in [9.17, 15) is 0 Å². The van der Waals surface area contributed by atoms with E-state index in [2.05, 4.69) is 22.6 Å². The third kappa shape index (κ3) is 5.54. The number of terminal acetylenes is 1. The fourth-order valence-corrected chi connectivity index (χ4v) is 3.21. The van der Waals surface area contributed by atoms with Gasteiger partial charge in [-0.25, -0.2) is 0 Å². The lowest BCUT2D eigenvalue weighted by Gasteiger charge is -2.37. The second kappa shape index (κ2) is 10.8. The number of hydrogen-bond acceptors (Lipinski definition) is 2. The topological polar surface area (TPSA) is 45.7 Å².